The number of hydrogen-bond acceptors (Lipinski definition) is 6. The van der Waals surface area contributed by atoms with E-state index in [1.54, 1.807) is 32.2 Å². The van der Waals surface area contributed by atoms with Crippen molar-refractivity contribution in [2.24, 2.45) is 0 Å². The Bertz CT molecular complexity index is 632. The van der Waals surface area contributed by atoms with Crippen LogP contribution in [0.5, 0.6) is 11.5 Å². The first-order valence-corrected chi connectivity index (χ1v) is 5.88. The number of hydrogen-bond donors (Lipinski definition) is 0. The average Bonchev–Trinajstić information content (AvgIpc) is 2.87. The molecule has 0 N–H and O–H groups in total. The molecule has 0 fully saturated rings. The number of aromatic nitrogens is 1. The van der Waals surface area contributed by atoms with Crippen LogP contribution in [0.2, 0.25) is 0 Å². The first-order valence-electron chi connectivity index (χ1n) is 5.88. The van der Waals surface area contributed by atoms with Gasteiger partial charge in [-0.05, 0) is 19.1 Å². The Morgan fingerprint density at radius 2 is 1.95 bits per heavy atom. The van der Waals surface area contributed by atoms with Crippen LogP contribution >= 0.6 is 0 Å². The molecular formula is C14H15NO5. The molecule has 1 aromatic heterocycles. The topological polar surface area (TPSA) is 70.8 Å². The van der Waals surface area contributed by atoms with Gasteiger partial charge in [-0.15, -0.1) is 0 Å². The summed E-state index contributed by atoms with van der Waals surface area (Å²) in [6.45, 7) is 1.65. The number of oxazole rings is 1. The summed E-state index contributed by atoms with van der Waals surface area (Å²) in [5.74, 6) is 1.35. The summed E-state index contributed by atoms with van der Waals surface area (Å²) in [4.78, 5) is 15.7. The molecule has 0 saturated heterocycles. The standard InChI is InChI=1S/C14H15NO5/c1-8-12(14(16)19-4)15-13(20-8)10-6-5-9(17-2)7-11(10)18-3/h5-7H,1-4H3. The van der Waals surface area contributed by atoms with E-state index in [9.17, 15) is 4.79 Å². The second-order valence-electron chi connectivity index (χ2n) is 3.98. The third-order valence-corrected chi connectivity index (χ3v) is 2.81. The van der Waals surface area contributed by atoms with Gasteiger partial charge >= 0.3 is 5.97 Å². The summed E-state index contributed by atoms with van der Waals surface area (Å²) in [6.07, 6.45) is 0. The minimum absolute atomic E-state index is 0.153. The molecule has 6 nitrogen and oxygen atoms in total. The molecule has 0 atom stereocenters. The normalized spacial score (nSPS) is 10.2. The van der Waals surface area contributed by atoms with Gasteiger partial charge in [0.1, 0.15) is 17.3 Å². The van der Waals surface area contributed by atoms with E-state index in [1.807, 2.05) is 0 Å². The molecule has 0 spiro atoms. The minimum Gasteiger partial charge on any atom is -0.497 e. The van der Waals surface area contributed by atoms with Gasteiger partial charge in [0.05, 0.1) is 26.9 Å². The molecule has 0 aliphatic rings. The second-order valence-corrected chi connectivity index (χ2v) is 3.98. The predicted molar refractivity (Wildman–Crippen MR) is 71.1 cm³/mol. The molecule has 106 valence electrons. The first kappa shape index (κ1) is 13.9. The van der Waals surface area contributed by atoms with Gasteiger partial charge < -0.3 is 18.6 Å². The van der Waals surface area contributed by atoms with Gasteiger partial charge in [0.15, 0.2) is 5.69 Å². The third-order valence-electron chi connectivity index (χ3n) is 2.81. The van der Waals surface area contributed by atoms with E-state index in [0.29, 0.717) is 28.7 Å². The van der Waals surface area contributed by atoms with Crippen LogP contribution in [0.25, 0.3) is 11.5 Å². The van der Waals surface area contributed by atoms with Gasteiger partial charge in [-0.1, -0.05) is 0 Å². The quantitative estimate of drug-likeness (QED) is 0.799. The predicted octanol–water partition coefficient (Wildman–Crippen LogP) is 2.45. The van der Waals surface area contributed by atoms with E-state index in [4.69, 9.17) is 13.9 Å². The zero-order valence-electron chi connectivity index (χ0n) is 11.7. The molecule has 20 heavy (non-hydrogen) atoms. The van der Waals surface area contributed by atoms with Crippen LogP contribution in [0.1, 0.15) is 16.2 Å². The number of aryl methyl sites for hydroxylation is 1. The average molecular weight is 277 g/mol. The summed E-state index contributed by atoms with van der Waals surface area (Å²) in [5, 5.41) is 0. The Hall–Kier alpha value is -2.50. The fraction of sp³-hybridized carbons (Fsp3) is 0.286. The highest BCUT2D eigenvalue weighted by atomic mass is 16.5. The van der Waals surface area contributed by atoms with Gasteiger partial charge in [-0.2, -0.15) is 0 Å². The molecule has 6 heteroatoms. The van der Waals surface area contributed by atoms with E-state index >= 15 is 0 Å². The van der Waals surface area contributed by atoms with E-state index in [0.717, 1.165) is 0 Å². The first-order chi connectivity index (χ1) is 9.60. The summed E-state index contributed by atoms with van der Waals surface area (Å²) in [7, 11) is 4.40. The van der Waals surface area contributed by atoms with E-state index in [-0.39, 0.29) is 5.69 Å². The van der Waals surface area contributed by atoms with Crippen LogP contribution < -0.4 is 9.47 Å². The van der Waals surface area contributed by atoms with Crippen molar-refractivity contribution < 1.29 is 23.4 Å². The highest BCUT2D eigenvalue weighted by Crippen LogP contribution is 2.33. The number of carbonyl (C=O) groups is 1. The molecule has 0 aliphatic heterocycles. The number of nitrogens with zero attached hydrogens (tertiary/aromatic N) is 1. The highest BCUT2D eigenvalue weighted by Gasteiger charge is 2.20. The lowest BCUT2D eigenvalue weighted by atomic mass is 10.2. The summed E-state index contributed by atoms with van der Waals surface area (Å²) >= 11 is 0. The molecule has 0 saturated carbocycles. The van der Waals surface area contributed by atoms with Gasteiger partial charge in [0.2, 0.25) is 5.89 Å². The van der Waals surface area contributed by atoms with Crippen molar-refractivity contribution in [2.45, 2.75) is 6.92 Å². The minimum atomic E-state index is -0.537. The molecule has 0 amide bonds. The van der Waals surface area contributed by atoms with Gasteiger partial charge in [-0.3, -0.25) is 0 Å². The molecule has 0 radical (unpaired) electrons. The zero-order valence-corrected chi connectivity index (χ0v) is 11.7. The fourth-order valence-corrected chi connectivity index (χ4v) is 1.77. The lowest BCUT2D eigenvalue weighted by Crippen LogP contribution is -2.03. The Balaban J connectivity index is 2.49. The van der Waals surface area contributed by atoms with Crippen LogP contribution in [-0.2, 0) is 4.74 Å². The zero-order chi connectivity index (χ0) is 14.7. The number of methoxy groups -OCH3 is 3. The van der Waals surface area contributed by atoms with Gasteiger partial charge in [0, 0.05) is 6.07 Å². The molecule has 1 heterocycles. The Labute approximate surface area is 116 Å². The lowest BCUT2D eigenvalue weighted by molar-refractivity contribution is 0.0593. The van der Waals surface area contributed by atoms with Crippen molar-refractivity contribution in [1.82, 2.24) is 4.98 Å². The fourth-order valence-electron chi connectivity index (χ4n) is 1.77. The largest absolute Gasteiger partial charge is 0.497 e. The number of carbonyl (C=O) groups excluding carboxylic acids is 1. The monoisotopic (exact) mass is 277 g/mol. The highest BCUT2D eigenvalue weighted by molar-refractivity contribution is 5.89. The van der Waals surface area contributed by atoms with Crippen LogP contribution in [-0.4, -0.2) is 32.3 Å². The Morgan fingerprint density at radius 1 is 1.20 bits per heavy atom. The van der Waals surface area contributed by atoms with E-state index < -0.39 is 5.97 Å². The van der Waals surface area contributed by atoms with Crippen LogP contribution in [0.15, 0.2) is 22.6 Å². The molecule has 0 aliphatic carbocycles. The van der Waals surface area contributed by atoms with Crippen molar-refractivity contribution >= 4 is 5.97 Å². The van der Waals surface area contributed by atoms with E-state index in [2.05, 4.69) is 9.72 Å². The van der Waals surface area contributed by atoms with Crippen molar-refractivity contribution in [3.8, 4) is 23.0 Å². The van der Waals surface area contributed by atoms with E-state index in [1.165, 1.54) is 14.2 Å². The van der Waals surface area contributed by atoms with Crippen molar-refractivity contribution in [2.75, 3.05) is 21.3 Å². The molecule has 1 aromatic carbocycles. The number of benzene rings is 1. The SMILES string of the molecule is COC(=O)c1nc(-c2ccc(OC)cc2OC)oc1C. The van der Waals surface area contributed by atoms with Crippen LogP contribution in [0.3, 0.4) is 0 Å². The molecule has 0 unspecified atom stereocenters. The summed E-state index contributed by atoms with van der Waals surface area (Å²) in [5.41, 5.74) is 0.784. The van der Waals surface area contributed by atoms with Crippen LogP contribution in [0.4, 0.5) is 0 Å². The van der Waals surface area contributed by atoms with Crippen LogP contribution in [0, 0.1) is 6.92 Å². The molecule has 0 bridgehead atoms. The number of ether oxygens (including phenoxy) is 3. The van der Waals surface area contributed by atoms with Gasteiger partial charge in [-0.25, -0.2) is 9.78 Å². The molecule has 2 aromatic rings. The maximum Gasteiger partial charge on any atom is 0.360 e. The number of esters is 1. The van der Waals surface area contributed by atoms with Crippen molar-refractivity contribution in [3.63, 3.8) is 0 Å². The Kier molecular flexibility index (Phi) is 3.93. The Morgan fingerprint density at radius 3 is 2.55 bits per heavy atom. The maximum absolute atomic E-state index is 11.5. The molecule has 2 rings (SSSR count). The lowest BCUT2D eigenvalue weighted by Gasteiger charge is -2.07. The smallest absolute Gasteiger partial charge is 0.360 e. The van der Waals surface area contributed by atoms with Gasteiger partial charge in [0.25, 0.3) is 0 Å². The third kappa shape index (κ3) is 2.45. The second kappa shape index (κ2) is 5.64. The summed E-state index contributed by atoms with van der Waals surface area (Å²) in [6, 6.07) is 5.23. The number of rotatable bonds is 4. The molecular weight excluding hydrogens is 262 g/mol. The summed E-state index contributed by atoms with van der Waals surface area (Å²) < 4.78 is 20.6. The van der Waals surface area contributed by atoms with Crippen molar-refractivity contribution in [3.05, 3.63) is 29.7 Å². The van der Waals surface area contributed by atoms with Crippen molar-refractivity contribution in [1.29, 1.82) is 0 Å². The maximum atomic E-state index is 11.5.